The quantitative estimate of drug-likeness (QED) is 0.915. The van der Waals surface area contributed by atoms with E-state index >= 15 is 0 Å². The zero-order chi connectivity index (χ0) is 13.5. The monoisotopic (exact) mass is 272 g/mol. The summed E-state index contributed by atoms with van der Waals surface area (Å²) in [6.07, 6.45) is 4.21. The van der Waals surface area contributed by atoms with Crippen molar-refractivity contribution in [3.05, 3.63) is 28.8 Å². The first kappa shape index (κ1) is 12.7. The van der Waals surface area contributed by atoms with Gasteiger partial charge in [0, 0.05) is 39.0 Å². The van der Waals surface area contributed by atoms with Crippen LogP contribution in [0.1, 0.15) is 41.9 Å². The van der Waals surface area contributed by atoms with Crippen LogP contribution in [-0.2, 0) is 17.9 Å². The summed E-state index contributed by atoms with van der Waals surface area (Å²) in [5.74, 6) is 1.75. The molecular weight excluding hydrogens is 248 g/mol. The number of rotatable bonds is 3. The summed E-state index contributed by atoms with van der Waals surface area (Å²) in [5.41, 5.74) is 6.00. The van der Waals surface area contributed by atoms with E-state index in [0.717, 1.165) is 38.1 Å². The zero-order valence-corrected chi connectivity index (χ0v) is 12.3. The number of nitrogens with zero attached hydrogens (tertiary/aromatic N) is 1. The second kappa shape index (κ2) is 5.05. The van der Waals surface area contributed by atoms with Gasteiger partial charge < -0.3 is 15.0 Å². The largest absolute Gasteiger partial charge is 0.380 e. The third kappa shape index (κ3) is 2.13. The summed E-state index contributed by atoms with van der Waals surface area (Å²) in [5, 5.41) is 3.57. The van der Waals surface area contributed by atoms with Gasteiger partial charge in [-0.3, -0.25) is 0 Å². The van der Waals surface area contributed by atoms with Crippen molar-refractivity contribution in [1.82, 2.24) is 5.32 Å². The van der Waals surface area contributed by atoms with Crippen molar-refractivity contribution in [2.45, 2.75) is 38.3 Å². The highest BCUT2D eigenvalue weighted by atomic mass is 16.5. The van der Waals surface area contributed by atoms with E-state index in [9.17, 15) is 0 Å². The van der Waals surface area contributed by atoms with E-state index in [1.165, 1.54) is 36.9 Å². The van der Waals surface area contributed by atoms with Gasteiger partial charge in [-0.2, -0.15) is 0 Å². The van der Waals surface area contributed by atoms with Gasteiger partial charge in [0.05, 0.1) is 6.61 Å². The third-order valence-electron chi connectivity index (χ3n) is 5.08. The van der Waals surface area contributed by atoms with Crippen LogP contribution in [0.4, 0.5) is 5.69 Å². The Hall–Kier alpha value is -1.06. The smallest absolute Gasteiger partial charge is 0.0713 e. The molecule has 108 valence electrons. The maximum absolute atomic E-state index is 5.37. The molecule has 1 atom stereocenters. The Bertz CT molecular complexity index is 510. The molecule has 1 unspecified atom stereocenters. The highest BCUT2D eigenvalue weighted by Crippen LogP contribution is 2.50. The molecule has 2 heterocycles. The van der Waals surface area contributed by atoms with E-state index in [4.69, 9.17) is 4.74 Å². The Balaban J connectivity index is 1.82. The molecule has 3 aliphatic rings. The molecule has 1 N–H and O–H groups in total. The Morgan fingerprint density at radius 1 is 1.25 bits per heavy atom. The molecule has 4 rings (SSSR count). The highest BCUT2D eigenvalue weighted by molar-refractivity contribution is 5.65. The number of ether oxygens (including phenoxy) is 1. The van der Waals surface area contributed by atoms with E-state index in [-0.39, 0.29) is 0 Å². The van der Waals surface area contributed by atoms with Gasteiger partial charge in [0.25, 0.3) is 0 Å². The number of nitrogens with one attached hydrogen (secondary N) is 1. The molecule has 1 aromatic carbocycles. The molecule has 0 amide bonds. The maximum Gasteiger partial charge on any atom is 0.0713 e. The topological polar surface area (TPSA) is 24.5 Å². The molecule has 1 aliphatic carbocycles. The zero-order valence-electron chi connectivity index (χ0n) is 12.3. The predicted molar refractivity (Wildman–Crippen MR) is 81.2 cm³/mol. The van der Waals surface area contributed by atoms with Crippen molar-refractivity contribution >= 4 is 5.69 Å². The lowest BCUT2D eigenvalue weighted by Gasteiger charge is -2.36. The predicted octanol–water partition coefficient (Wildman–Crippen LogP) is 2.64. The molecule has 0 radical (unpaired) electrons. The van der Waals surface area contributed by atoms with Crippen molar-refractivity contribution in [3.8, 4) is 0 Å². The minimum atomic E-state index is 0.734. The summed E-state index contributed by atoms with van der Waals surface area (Å²) in [7, 11) is 1.79. The first-order valence-corrected chi connectivity index (χ1v) is 7.97. The first-order valence-electron chi connectivity index (χ1n) is 7.97. The molecule has 1 saturated carbocycles. The molecule has 3 nitrogen and oxygen atoms in total. The summed E-state index contributed by atoms with van der Waals surface area (Å²) in [6.45, 7) is 5.24. The van der Waals surface area contributed by atoms with Crippen LogP contribution in [0, 0.1) is 5.92 Å². The minimum absolute atomic E-state index is 0.734. The molecule has 20 heavy (non-hydrogen) atoms. The van der Waals surface area contributed by atoms with Gasteiger partial charge in [-0.15, -0.1) is 0 Å². The Morgan fingerprint density at radius 2 is 2.15 bits per heavy atom. The van der Waals surface area contributed by atoms with Crippen LogP contribution in [0.25, 0.3) is 0 Å². The normalized spacial score (nSPS) is 25.2. The van der Waals surface area contributed by atoms with Crippen molar-refractivity contribution in [3.63, 3.8) is 0 Å². The van der Waals surface area contributed by atoms with Crippen molar-refractivity contribution in [2.75, 3.05) is 31.6 Å². The standard InChI is InChI=1S/C17H24N2O/c1-20-11-12-8-14-10-18-5-7-19-6-4-15(13-2-3-13)16(9-12)17(14)19/h8-9,13,15,18H,2-7,10-11H2,1H3. The van der Waals surface area contributed by atoms with Crippen LogP contribution in [0.3, 0.4) is 0 Å². The van der Waals surface area contributed by atoms with E-state index < -0.39 is 0 Å². The molecule has 1 fully saturated rings. The maximum atomic E-state index is 5.37. The number of hydrogen-bond acceptors (Lipinski definition) is 3. The fourth-order valence-electron chi connectivity index (χ4n) is 4.05. The Morgan fingerprint density at radius 3 is 2.95 bits per heavy atom. The number of anilines is 1. The van der Waals surface area contributed by atoms with Crippen molar-refractivity contribution in [2.24, 2.45) is 5.92 Å². The van der Waals surface area contributed by atoms with Gasteiger partial charge in [0.15, 0.2) is 0 Å². The summed E-state index contributed by atoms with van der Waals surface area (Å²) >= 11 is 0. The highest BCUT2D eigenvalue weighted by Gasteiger charge is 2.38. The molecule has 3 heteroatoms. The summed E-state index contributed by atoms with van der Waals surface area (Å²) in [4.78, 5) is 2.61. The Labute approximate surface area is 121 Å². The van der Waals surface area contributed by atoms with Crippen molar-refractivity contribution < 1.29 is 4.74 Å². The first-order chi connectivity index (χ1) is 9.86. The van der Waals surface area contributed by atoms with Gasteiger partial charge >= 0.3 is 0 Å². The van der Waals surface area contributed by atoms with Gasteiger partial charge in [-0.25, -0.2) is 0 Å². The fourth-order valence-corrected chi connectivity index (χ4v) is 4.05. The van der Waals surface area contributed by atoms with Crippen LogP contribution < -0.4 is 10.2 Å². The molecule has 2 aliphatic heterocycles. The fraction of sp³-hybridized carbons (Fsp3) is 0.647. The van der Waals surface area contributed by atoms with Gasteiger partial charge in [-0.05, 0) is 47.8 Å². The minimum Gasteiger partial charge on any atom is -0.380 e. The molecule has 0 saturated heterocycles. The number of hydrogen-bond donors (Lipinski definition) is 1. The lowest BCUT2D eigenvalue weighted by Crippen LogP contribution is -2.34. The van der Waals surface area contributed by atoms with Crippen LogP contribution in [-0.4, -0.2) is 26.7 Å². The van der Waals surface area contributed by atoms with Gasteiger partial charge in [0.1, 0.15) is 0 Å². The van der Waals surface area contributed by atoms with E-state index in [1.54, 1.807) is 18.4 Å². The van der Waals surface area contributed by atoms with Crippen molar-refractivity contribution in [1.29, 1.82) is 0 Å². The average Bonchev–Trinajstić information content (AvgIpc) is 3.27. The van der Waals surface area contributed by atoms with Crippen LogP contribution in [0.15, 0.2) is 12.1 Å². The second-order valence-electron chi connectivity index (χ2n) is 6.52. The van der Waals surface area contributed by atoms with E-state index in [1.807, 2.05) is 0 Å². The summed E-state index contributed by atoms with van der Waals surface area (Å²) < 4.78 is 5.37. The SMILES string of the molecule is COCc1cc2c3c(c1)C(C1CC1)CCN3CCNC2. The lowest BCUT2D eigenvalue weighted by molar-refractivity contribution is 0.184. The number of benzene rings is 1. The third-order valence-corrected chi connectivity index (χ3v) is 5.08. The Kier molecular flexibility index (Phi) is 3.20. The lowest BCUT2D eigenvalue weighted by atomic mass is 9.83. The second-order valence-corrected chi connectivity index (χ2v) is 6.52. The van der Waals surface area contributed by atoms with E-state index in [2.05, 4.69) is 22.3 Å². The average molecular weight is 272 g/mol. The van der Waals surface area contributed by atoms with Gasteiger partial charge in [-0.1, -0.05) is 12.1 Å². The molecule has 0 bridgehead atoms. The summed E-state index contributed by atoms with van der Waals surface area (Å²) in [6, 6.07) is 4.78. The van der Waals surface area contributed by atoms with E-state index in [0.29, 0.717) is 0 Å². The molecule has 0 spiro atoms. The molecule has 0 aromatic heterocycles. The van der Waals surface area contributed by atoms with Crippen LogP contribution >= 0.6 is 0 Å². The van der Waals surface area contributed by atoms with Gasteiger partial charge in [0.2, 0.25) is 0 Å². The number of methoxy groups -OCH3 is 1. The molecule has 1 aromatic rings. The molecular formula is C17H24N2O. The van der Waals surface area contributed by atoms with Crippen LogP contribution in [0.2, 0.25) is 0 Å². The van der Waals surface area contributed by atoms with Crippen LogP contribution in [0.5, 0.6) is 0 Å².